The van der Waals surface area contributed by atoms with E-state index in [1.54, 1.807) is 6.07 Å². The van der Waals surface area contributed by atoms with E-state index in [9.17, 15) is 0 Å². The van der Waals surface area contributed by atoms with Gasteiger partial charge in [0, 0.05) is 6.07 Å². The minimum atomic E-state index is 0.626. The molecule has 5 heteroatoms. The molecule has 2 aromatic rings. The summed E-state index contributed by atoms with van der Waals surface area (Å²) in [5.74, 6) is 0.658. The van der Waals surface area contributed by atoms with E-state index < -0.39 is 0 Å². The first-order valence-electron chi connectivity index (χ1n) is 3.55. The normalized spacial score (nSPS) is 10.7. The van der Waals surface area contributed by atoms with Gasteiger partial charge in [-0.1, -0.05) is 28.4 Å². The molecule has 0 saturated carbocycles. The zero-order valence-corrected chi connectivity index (χ0v) is 9.00. The molecular formula is C8H5Cl2NOS. The third kappa shape index (κ3) is 1.73. The Hall–Kier alpha value is -0.510. The van der Waals surface area contributed by atoms with Crippen molar-refractivity contribution in [2.75, 3.05) is 0 Å². The van der Waals surface area contributed by atoms with Crippen LogP contribution in [0.15, 0.2) is 16.7 Å². The third-order valence-electron chi connectivity index (χ3n) is 1.55. The summed E-state index contributed by atoms with van der Waals surface area (Å²) in [4.78, 5) is 0. The molecule has 0 aliphatic heterocycles. The van der Waals surface area contributed by atoms with Crippen LogP contribution < -0.4 is 0 Å². The summed E-state index contributed by atoms with van der Waals surface area (Å²) < 4.78 is 6.33. The first-order chi connectivity index (χ1) is 6.16. The number of rotatable bonds is 1. The second-order valence-corrected chi connectivity index (χ2v) is 4.86. The lowest BCUT2D eigenvalue weighted by molar-refractivity contribution is 0.427. The van der Waals surface area contributed by atoms with E-state index in [0.29, 0.717) is 14.4 Å². The summed E-state index contributed by atoms with van der Waals surface area (Å²) in [7, 11) is 0. The molecule has 0 atom stereocenters. The fraction of sp³-hybridized carbons (Fsp3) is 0.125. The van der Waals surface area contributed by atoms with Gasteiger partial charge in [0.2, 0.25) is 0 Å². The Labute approximate surface area is 89.1 Å². The number of aromatic nitrogens is 1. The maximum absolute atomic E-state index is 5.94. The lowest BCUT2D eigenvalue weighted by Gasteiger charge is -1.87. The van der Waals surface area contributed by atoms with E-state index in [2.05, 4.69) is 5.16 Å². The molecule has 0 bridgehead atoms. The smallest absolute Gasteiger partial charge is 0.169 e. The summed E-state index contributed by atoms with van der Waals surface area (Å²) in [5, 5.41) is 3.77. The van der Waals surface area contributed by atoms with E-state index >= 15 is 0 Å². The highest BCUT2D eigenvalue weighted by Gasteiger charge is 2.12. The number of halogens is 2. The Morgan fingerprint density at radius 1 is 1.38 bits per heavy atom. The fourth-order valence-electron chi connectivity index (χ4n) is 0.999. The summed E-state index contributed by atoms with van der Waals surface area (Å²) in [6.07, 6.45) is 0. The van der Waals surface area contributed by atoms with Gasteiger partial charge in [0.15, 0.2) is 5.76 Å². The van der Waals surface area contributed by atoms with Crippen molar-refractivity contribution < 1.29 is 4.52 Å². The number of nitrogens with zero attached hydrogens (tertiary/aromatic N) is 1. The second-order valence-electron chi connectivity index (χ2n) is 2.57. The van der Waals surface area contributed by atoms with Crippen LogP contribution in [0.2, 0.25) is 8.67 Å². The van der Waals surface area contributed by atoms with Crippen molar-refractivity contribution in [2.24, 2.45) is 0 Å². The highest BCUT2D eigenvalue weighted by Crippen LogP contribution is 2.38. The Morgan fingerprint density at radius 2 is 2.15 bits per heavy atom. The van der Waals surface area contributed by atoms with Crippen molar-refractivity contribution in [3.8, 4) is 11.3 Å². The van der Waals surface area contributed by atoms with E-state index in [1.165, 1.54) is 11.3 Å². The molecule has 0 amide bonds. The van der Waals surface area contributed by atoms with Crippen molar-refractivity contribution in [2.45, 2.75) is 6.92 Å². The minimum absolute atomic E-state index is 0.626. The van der Waals surface area contributed by atoms with Crippen LogP contribution in [0, 0.1) is 6.92 Å². The fourth-order valence-corrected chi connectivity index (χ4v) is 2.47. The summed E-state index contributed by atoms with van der Waals surface area (Å²) in [6.45, 7) is 1.86. The molecule has 0 saturated heterocycles. The van der Waals surface area contributed by atoms with E-state index in [1.807, 2.05) is 13.0 Å². The molecule has 2 heterocycles. The third-order valence-corrected chi connectivity index (χ3v) is 3.04. The number of hydrogen-bond donors (Lipinski definition) is 0. The second kappa shape index (κ2) is 3.33. The zero-order valence-electron chi connectivity index (χ0n) is 6.67. The van der Waals surface area contributed by atoms with Gasteiger partial charge in [0.25, 0.3) is 0 Å². The predicted molar refractivity (Wildman–Crippen MR) is 54.6 cm³/mol. The Morgan fingerprint density at radius 3 is 2.62 bits per heavy atom. The molecule has 0 aliphatic rings. The van der Waals surface area contributed by atoms with Crippen LogP contribution in [0.1, 0.15) is 5.69 Å². The van der Waals surface area contributed by atoms with Crippen LogP contribution in [-0.4, -0.2) is 5.16 Å². The Balaban J connectivity index is 2.51. The highest BCUT2D eigenvalue weighted by atomic mass is 35.5. The molecule has 13 heavy (non-hydrogen) atoms. The van der Waals surface area contributed by atoms with Crippen LogP contribution >= 0.6 is 34.5 Å². The largest absolute Gasteiger partial charge is 0.356 e. The molecule has 0 fully saturated rings. The van der Waals surface area contributed by atoms with Crippen LogP contribution in [0.4, 0.5) is 0 Å². The Kier molecular flexibility index (Phi) is 2.32. The van der Waals surface area contributed by atoms with Crippen LogP contribution in [0.5, 0.6) is 0 Å². The molecule has 0 unspecified atom stereocenters. The number of thiophene rings is 1. The van der Waals surface area contributed by atoms with Gasteiger partial charge >= 0.3 is 0 Å². The van der Waals surface area contributed by atoms with Gasteiger partial charge < -0.3 is 4.52 Å². The maximum Gasteiger partial charge on any atom is 0.169 e. The van der Waals surface area contributed by atoms with Crippen molar-refractivity contribution in [1.29, 1.82) is 0 Å². The molecule has 68 valence electrons. The molecule has 0 aliphatic carbocycles. The first-order valence-corrected chi connectivity index (χ1v) is 5.12. The van der Waals surface area contributed by atoms with Gasteiger partial charge in [-0.2, -0.15) is 0 Å². The molecule has 0 radical (unpaired) electrons. The summed E-state index contributed by atoms with van der Waals surface area (Å²) in [6, 6.07) is 3.60. The van der Waals surface area contributed by atoms with Gasteiger partial charge in [-0.25, -0.2) is 0 Å². The van der Waals surface area contributed by atoms with Gasteiger partial charge in [0.1, 0.15) is 4.34 Å². The molecule has 0 spiro atoms. The monoisotopic (exact) mass is 233 g/mol. The quantitative estimate of drug-likeness (QED) is 0.744. The van der Waals surface area contributed by atoms with Gasteiger partial charge in [-0.3, -0.25) is 0 Å². The molecule has 2 nitrogen and oxygen atoms in total. The van der Waals surface area contributed by atoms with Crippen molar-refractivity contribution in [3.05, 3.63) is 26.5 Å². The van der Waals surface area contributed by atoms with E-state index in [4.69, 9.17) is 27.7 Å². The van der Waals surface area contributed by atoms with E-state index in [0.717, 1.165) is 11.3 Å². The average molecular weight is 234 g/mol. The number of hydrogen-bond acceptors (Lipinski definition) is 3. The standard InChI is InChI=1S/C8H5Cl2NOS/c1-4-2-6(12-11-4)5-3-7(9)13-8(5)10/h2-3H,1H3. The highest BCUT2D eigenvalue weighted by molar-refractivity contribution is 7.20. The van der Waals surface area contributed by atoms with Gasteiger partial charge in [0.05, 0.1) is 15.6 Å². The van der Waals surface area contributed by atoms with E-state index in [-0.39, 0.29) is 0 Å². The molecule has 2 rings (SSSR count). The molecular weight excluding hydrogens is 229 g/mol. The predicted octanol–water partition coefficient (Wildman–Crippen LogP) is 4.02. The lowest BCUT2D eigenvalue weighted by Crippen LogP contribution is -1.66. The Bertz CT molecular complexity index is 435. The van der Waals surface area contributed by atoms with Gasteiger partial charge in [-0.05, 0) is 13.0 Å². The molecule has 0 aromatic carbocycles. The topological polar surface area (TPSA) is 26.0 Å². The van der Waals surface area contributed by atoms with Crippen molar-refractivity contribution in [1.82, 2.24) is 5.16 Å². The molecule has 2 aromatic heterocycles. The summed E-state index contributed by atoms with van der Waals surface area (Å²) >= 11 is 13.0. The lowest BCUT2D eigenvalue weighted by atomic mass is 10.2. The first kappa shape index (κ1) is 9.06. The molecule has 0 N–H and O–H groups in total. The van der Waals surface area contributed by atoms with Crippen LogP contribution in [0.3, 0.4) is 0 Å². The van der Waals surface area contributed by atoms with Crippen LogP contribution in [-0.2, 0) is 0 Å². The maximum atomic E-state index is 5.94. The number of aryl methyl sites for hydroxylation is 1. The summed E-state index contributed by atoms with van der Waals surface area (Å²) in [5.41, 5.74) is 1.63. The van der Waals surface area contributed by atoms with Crippen molar-refractivity contribution >= 4 is 34.5 Å². The average Bonchev–Trinajstić information content (AvgIpc) is 2.58. The minimum Gasteiger partial charge on any atom is -0.356 e. The van der Waals surface area contributed by atoms with Crippen LogP contribution in [0.25, 0.3) is 11.3 Å². The zero-order chi connectivity index (χ0) is 9.42. The van der Waals surface area contributed by atoms with Crippen molar-refractivity contribution in [3.63, 3.8) is 0 Å². The SMILES string of the molecule is Cc1cc(-c2cc(Cl)sc2Cl)on1. The van der Waals surface area contributed by atoms with Gasteiger partial charge in [-0.15, -0.1) is 11.3 Å².